The van der Waals surface area contributed by atoms with Crippen molar-refractivity contribution in [3.8, 4) is 0 Å². The van der Waals surface area contributed by atoms with Gasteiger partial charge in [-0.15, -0.1) is 16.4 Å². The number of nitrogens with zero attached hydrogens (tertiary/aromatic N) is 4. The van der Waals surface area contributed by atoms with E-state index in [9.17, 15) is 0 Å². The minimum atomic E-state index is 0.656. The van der Waals surface area contributed by atoms with Crippen LogP contribution in [0.5, 0.6) is 0 Å². The maximum Gasteiger partial charge on any atom is 0.0964 e. The topological polar surface area (TPSA) is 64.9 Å². The molecule has 2 rings (SSSR count). The van der Waals surface area contributed by atoms with Gasteiger partial charge in [0.05, 0.1) is 36.7 Å². The van der Waals surface area contributed by atoms with Gasteiger partial charge in [-0.2, -0.15) is 0 Å². The number of hydrogen-bond acceptors (Lipinski definition) is 6. The molecule has 2 heterocycles. The van der Waals surface area contributed by atoms with Gasteiger partial charge in [-0.1, -0.05) is 12.1 Å². The number of hydrogen-bond donors (Lipinski definition) is 1. The van der Waals surface area contributed by atoms with Gasteiger partial charge < -0.3 is 10.1 Å². The van der Waals surface area contributed by atoms with Crippen LogP contribution < -0.4 is 5.32 Å². The molecule has 0 atom stereocenters. The van der Waals surface area contributed by atoms with Crippen LogP contribution in [0, 0.1) is 6.92 Å². The van der Waals surface area contributed by atoms with Crippen molar-refractivity contribution in [1.29, 1.82) is 0 Å². The van der Waals surface area contributed by atoms with E-state index in [0.717, 1.165) is 50.5 Å². The Morgan fingerprint density at radius 1 is 1.38 bits per heavy atom. The quantitative estimate of drug-likeness (QED) is 0.678. The van der Waals surface area contributed by atoms with Gasteiger partial charge in [-0.25, -0.2) is 9.67 Å². The monoisotopic (exact) mass is 309 g/mol. The highest BCUT2D eigenvalue weighted by molar-refractivity contribution is 7.09. The van der Waals surface area contributed by atoms with Gasteiger partial charge in [0.15, 0.2) is 0 Å². The first-order valence-corrected chi connectivity index (χ1v) is 8.24. The van der Waals surface area contributed by atoms with Crippen molar-refractivity contribution in [1.82, 2.24) is 25.3 Å². The molecular formula is C14H23N5OS. The van der Waals surface area contributed by atoms with Crippen LogP contribution in [0.1, 0.15) is 29.6 Å². The fourth-order valence-electron chi connectivity index (χ4n) is 1.91. The summed E-state index contributed by atoms with van der Waals surface area (Å²) in [5.74, 6) is 0. The number of aromatic nitrogens is 4. The van der Waals surface area contributed by atoms with Gasteiger partial charge in [0.2, 0.25) is 0 Å². The highest BCUT2D eigenvalue weighted by Gasteiger charge is 2.02. The second-order valence-corrected chi connectivity index (χ2v) is 5.81. The van der Waals surface area contributed by atoms with E-state index < -0.39 is 0 Å². The molecule has 0 radical (unpaired) electrons. The van der Waals surface area contributed by atoms with Gasteiger partial charge in [-0.3, -0.25) is 0 Å². The summed E-state index contributed by atoms with van der Waals surface area (Å²) in [6, 6.07) is 0. The predicted octanol–water partition coefficient (Wildman–Crippen LogP) is 1.80. The Morgan fingerprint density at radius 2 is 2.29 bits per heavy atom. The minimum absolute atomic E-state index is 0.656. The lowest BCUT2D eigenvalue weighted by molar-refractivity contribution is 0.126. The molecule has 0 unspecified atom stereocenters. The predicted molar refractivity (Wildman–Crippen MR) is 83.4 cm³/mol. The van der Waals surface area contributed by atoms with Crippen molar-refractivity contribution in [2.75, 3.05) is 19.8 Å². The number of rotatable bonds is 10. The Balaban J connectivity index is 1.59. The average Bonchev–Trinajstić information content (AvgIpc) is 3.09. The minimum Gasteiger partial charge on any atom is -0.379 e. The van der Waals surface area contributed by atoms with E-state index in [4.69, 9.17) is 4.74 Å². The van der Waals surface area contributed by atoms with Crippen LogP contribution in [0.2, 0.25) is 0 Å². The van der Waals surface area contributed by atoms with E-state index in [1.807, 2.05) is 23.3 Å². The smallest absolute Gasteiger partial charge is 0.0964 e. The third kappa shape index (κ3) is 5.53. The van der Waals surface area contributed by atoms with Crippen molar-refractivity contribution in [3.63, 3.8) is 0 Å². The summed E-state index contributed by atoms with van der Waals surface area (Å²) in [5.41, 5.74) is 3.97. The fourth-order valence-corrected chi connectivity index (χ4v) is 2.68. The summed E-state index contributed by atoms with van der Waals surface area (Å²) < 4.78 is 7.48. The zero-order chi connectivity index (χ0) is 14.9. The number of ether oxygens (including phenoxy) is 1. The molecule has 2 aromatic rings. The molecule has 0 fully saturated rings. The second-order valence-electron chi connectivity index (χ2n) is 4.87. The normalized spacial score (nSPS) is 11.1. The van der Waals surface area contributed by atoms with Crippen LogP contribution in [0.25, 0.3) is 0 Å². The van der Waals surface area contributed by atoms with Gasteiger partial charge in [0.1, 0.15) is 0 Å². The first-order valence-electron chi connectivity index (χ1n) is 7.36. The van der Waals surface area contributed by atoms with Gasteiger partial charge in [-0.05, 0) is 19.9 Å². The summed E-state index contributed by atoms with van der Waals surface area (Å²) >= 11 is 1.69. The molecule has 0 saturated heterocycles. The lowest BCUT2D eigenvalue weighted by atomic mass is 10.3. The van der Waals surface area contributed by atoms with E-state index >= 15 is 0 Å². The van der Waals surface area contributed by atoms with E-state index in [1.54, 1.807) is 11.3 Å². The third-order valence-electron chi connectivity index (χ3n) is 3.10. The van der Waals surface area contributed by atoms with Gasteiger partial charge >= 0.3 is 0 Å². The fraction of sp³-hybridized carbons (Fsp3) is 0.643. The van der Waals surface area contributed by atoms with Crippen molar-refractivity contribution in [2.45, 2.75) is 39.8 Å². The van der Waals surface area contributed by atoms with Gasteiger partial charge in [0, 0.05) is 24.0 Å². The molecule has 0 amide bonds. The molecule has 2 aromatic heterocycles. The van der Waals surface area contributed by atoms with Crippen LogP contribution in [-0.4, -0.2) is 39.7 Å². The lowest BCUT2D eigenvalue weighted by Crippen LogP contribution is -2.14. The number of aryl methyl sites for hydroxylation is 1. The maximum atomic E-state index is 5.65. The highest BCUT2D eigenvalue weighted by Crippen LogP contribution is 2.12. The summed E-state index contributed by atoms with van der Waals surface area (Å²) in [6.07, 6.45) is 4.03. The van der Waals surface area contributed by atoms with Crippen LogP contribution in [0.4, 0.5) is 0 Å². The maximum absolute atomic E-state index is 5.65. The average molecular weight is 309 g/mol. The first kappa shape index (κ1) is 16.1. The molecule has 21 heavy (non-hydrogen) atoms. The summed E-state index contributed by atoms with van der Waals surface area (Å²) in [6.45, 7) is 8.09. The van der Waals surface area contributed by atoms with E-state index in [1.165, 1.54) is 4.88 Å². The summed E-state index contributed by atoms with van der Waals surface area (Å²) in [5, 5.41) is 11.5. The highest BCUT2D eigenvalue weighted by atomic mass is 32.1. The van der Waals surface area contributed by atoms with Crippen LogP contribution >= 0.6 is 11.3 Å². The second kappa shape index (κ2) is 8.86. The zero-order valence-electron chi connectivity index (χ0n) is 12.7. The van der Waals surface area contributed by atoms with E-state index in [2.05, 4.69) is 27.5 Å². The van der Waals surface area contributed by atoms with Crippen molar-refractivity contribution in [3.05, 3.63) is 28.0 Å². The summed E-state index contributed by atoms with van der Waals surface area (Å²) in [4.78, 5) is 5.54. The molecular weight excluding hydrogens is 286 g/mol. The molecule has 0 aliphatic rings. The Hall–Kier alpha value is -1.31. The largest absolute Gasteiger partial charge is 0.379 e. The molecule has 0 bridgehead atoms. The Bertz CT molecular complexity index is 525. The molecule has 0 saturated carbocycles. The standard InChI is InChI=1S/C14H23N5OS/c1-3-5-15-9-13-10-19(18-17-13)6-8-20-7-4-14-12(2)16-11-21-14/h10-11,15H,3-9H2,1-2H3. The van der Waals surface area contributed by atoms with Gasteiger partial charge in [0.25, 0.3) is 0 Å². The van der Waals surface area contributed by atoms with Crippen molar-refractivity contribution < 1.29 is 4.74 Å². The molecule has 0 spiro atoms. The molecule has 116 valence electrons. The molecule has 0 aliphatic carbocycles. The Labute approximate surface area is 129 Å². The number of nitrogens with one attached hydrogen (secondary N) is 1. The van der Waals surface area contributed by atoms with Crippen molar-refractivity contribution >= 4 is 11.3 Å². The van der Waals surface area contributed by atoms with Crippen molar-refractivity contribution in [2.24, 2.45) is 0 Å². The van der Waals surface area contributed by atoms with Crippen LogP contribution in [-0.2, 0) is 24.2 Å². The van der Waals surface area contributed by atoms with E-state index in [-0.39, 0.29) is 0 Å². The van der Waals surface area contributed by atoms with Crippen LogP contribution in [0.15, 0.2) is 11.7 Å². The lowest BCUT2D eigenvalue weighted by Gasteiger charge is -2.03. The third-order valence-corrected chi connectivity index (χ3v) is 4.10. The Morgan fingerprint density at radius 3 is 3.05 bits per heavy atom. The molecule has 6 nitrogen and oxygen atoms in total. The first-order chi connectivity index (χ1) is 10.3. The number of thiazole rings is 1. The molecule has 0 aromatic carbocycles. The zero-order valence-corrected chi connectivity index (χ0v) is 13.5. The molecule has 0 aliphatic heterocycles. The molecule has 7 heteroatoms. The molecule has 1 N–H and O–H groups in total. The Kier molecular flexibility index (Phi) is 6.78. The summed E-state index contributed by atoms with van der Waals surface area (Å²) in [7, 11) is 0. The van der Waals surface area contributed by atoms with E-state index in [0.29, 0.717) is 6.61 Å². The SMILES string of the molecule is CCCNCc1cn(CCOCCc2scnc2C)nn1. The van der Waals surface area contributed by atoms with Crippen LogP contribution in [0.3, 0.4) is 0 Å².